The molecule has 4 aliphatic carbocycles. The van der Waals surface area contributed by atoms with Crippen LogP contribution < -0.4 is 0 Å². The zero-order valence-electron chi connectivity index (χ0n) is 15.2. The molecule has 2 nitrogen and oxygen atoms in total. The highest BCUT2D eigenvalue weighted by Gasteiger charge is 2.60. The van der Waals surface area contributed by atoms with E-state index in [2.05, 4.69) is 36.5 Å². The smallest absolute Gasteiger partial charge is 0.139 e. The molecule has 4 heteroatoms. The van der Waals surface area contributed by atoms with Crippen LogP contribution in [0, 0.1) is 29.1 Å². The SMILES string of the molecule is CC[C@]12C[C@@H](O)C3C4CCC5(C=C4CCC3C1CCC2=O)SCCS5. The number of Topliss-reactive ketones (excluding diaryl/α,β-unsaturated/α-hetero) is 1. The normalized spacial score (nSPS) is 48.0. The minimum absolute atomic E-state index is 0.186. The lowest BCUT2D eigenvalue weighted by molar-refractivity contribution is -0.143. The zero-order valence-corrected chi connectivity index (χ0v) is 16.8. The molecule has 3 saturated carbocycles. The van der Waals surface area contributed by atoms with Crippen LogP contribution in [0.25, 0.3) is 0 Å². The van der Waals surface area contributed by atoms with Crippen molar-refractivity contribution in [3.8, 4) is 0 Å². The molecule has 1 saturated heterocycles. The predicted octanol–water partition coefficient (Wildman–Crippen LogP) is 4.67. The van der Waals surface area contributed by atoms with Gasteiger partial charge in [0.15, 0.2) is 0 Å². The Balaban J connectivity index is 1.47. The fourth-order valence-electron chi connectivity index (χ4n) is 7.27. The van der Waals surface area contributed by atoms with Gasteiger partial charge in [0.25, 0.3) is 0 Å². The van der Waals surface area contributed by atoms with Crippen molar-refractivity contribution in [2.24, 2.45) is 29.1 Å². The molecular formula is C21H30O2S2. The number of allylic oxidation sites excluding steroid dienone is 1. The zero-order chi connectivity index (χ0) is 17.2. The van der Waals surface area contributed by atoms with E-state index in [4.69, 9.17) is 0 Å². The Morgan fingerprint density at radius 3 is 2.76 bits per heavy atom. The average molecular weight is 379 g/mol. The van der Waals surface area contributed by atoms with Crippen LogP contribution in [0.2, 0.25) is 0 Å². The van der Waals surface area contributed by atoms with E-state index in [-0.39, 0.29) is 11.5 Å². The number of hydrogen-bond donors (Lipinski definition) is 1. The topological polar surface area (TPSA) is 37.3 Å². The first-order valence-corrected chi connectivity index (χ1v) is 12.3. The molecule has 4 unspecified atom stereocenters. The monoisotopic (exact) mass is 378 g/mol. The number of hydrogen-bond acceptors (Lipinski definition) is 4. The summed E-state index contributed by atoms with van der Waals surface area (Å²) in [6.07, 6.45) is 10.8. The van der Waals surface area contributed by atoms with Gasteiger partial charge in [0.2, 0.25) is 0 Å². The van der Waals surface area contributed by atoms with Gasteiger partial charge in [0.05, 0.1) is 10.2 Å². The molecule has 1 spiro atoms. The summed E-state index contributed by atoms with van der Waals surface area (Å²) in [6.45, 7) is 2.18. The third kappa shape index (κ3) is 2.39. The maximum absolute atomic E-state index is 12.7. The lowest BCUT2D eigenvalue weighted by atomic mass is 9.50. The van der Waals surface area contributed by atoms with Gasteiger partial charge in [-0.25, -0.2) is 0 Å². The number of thioether (sulfide) groups is 2. The molecule has 25 heavy (non-hydrogen) atoms. The number of ketones is 1. The third-order valence-corrected chi connectivity index (χ3v) is 11.7. The second-order valence-electron chi connectivity index (χ2n) is 9.00. The number of rotatable bonds is 1. The van der Waals surface area contributed by atoms with Crippen LogP contribution >= 0.6 is 23.5 Å². The number of fused-ring (bicyclic) bond motifs is 5. The first-order chi connectivity index (χ1) is 12.1. The second kappa shape index (κ2) is 6.04. The molecule has 0 aromatic rings. The summed E-state index contributed by atoms with van der Waals surface area (Å²) in [4.78, 5) is 12.7. The van der Waals surface area contributed by atoms with E-state index in [9.17, 15) is 9.90 Å². The van der Waals surface area contributed by atoms with Gasteiger partial charge in [-0.3, -0.25) is 4.79 Å². The molecule has 0 amide bonds. The first-order valence-electron chi connectivity index (χ1n) is 10.3. The second-order valence-corrected chi connectivity index (χ2v) is 12.1. The third-order valence-electron chi connectivity index (χ3n) is 8.30. The Morgan fingerprint density at radius 2 is 2.00 bits per heavy atom. The highest BCUT2D eigenvalue weighted by molar-refractivity contribution is 8.21. The van der Waals surface area contributed by atoms with Crippen LogP contribution in [0.3, 0.4) is 0 Å². The van der Waals surface area contributed by atoms with Gasteiger partial charge in [0, 0.05) is 23.3 Å². The molecule has 4 fully saturated rings. The van der Waals surface area contributed by atoms with E-state index in [1.165, 1.54) is 37.2 Å². The summed E-state index contributed by atoms with van der Waals surface area (Å²) < 4.78 is 0.356. The Hall–Kier alpha value is 0.0700. The summed E-state index contributed by atoms with van der Waals surface area (Å²) in [5.41, 5.74) is 1.47. The van der Waals surface area contributed by atoms with Crippen LogP contribution in [0.1, 0.15) is 58.3 Å². The van der Waals surface area contributed by atoms with E-state index in [0.29, 0.717) is 33.5 Å². The van der Waals surface area contributed by atoms with Crippen LogP contribution in [-0.2, 0) is 4.79 Å². The molecule has 5 aliphatic rings. The van der Waals surface area contributed by atoms with Crippen LogP contribution in [-0.4, -0.2) is 32.6 Å². The highest BCUT2D eigenvalue weighted by Crippen LogP contribution is 2.63. The van der Waals surface area contributed by atoms with Gasteiger partial charge in [-0.05, 0) is 68.6 Å². The predicted molar refractivity (Wildman–Crippen MR) is 106 cm³/mol. The van der Waals surface area contributed by atoms with Crippen LogP contribution in [0.4, 0.5) is 0 Å². The molecule has 0 bridgehead atoms. The molecule has 1 N–H and O–H groups in total. The standard InChI is InChI=1S/C21H30O2S2/c1-2-20-12-17(22)19-14-7-8-21(24-9-10-25-21)11-13(14)3-4-15(19)16(20)5-6-18(20)23/h11,14-17,19,22H,2-10,12H2,1H3/t14?,15?,16?,17-,19?,20+/m1/s1. The highest BCUT2D eigenvalue weighted by atomic mass is 32.2. The van der Waals surface area contributed by atoms with Crippen molar-refractivity contribution in [2.75, 3.05) is 11.5 Å². The summed E-state index contributed by atoms with van der Waals surface area (Å²) in [5, 5.41) is 11.2. The van der Waals surface area contributed by atoms with Crippen molar-refractivity contribution in [1.82, 2.24) is 0 Å². The Kier molecular flexibility index (Phi) is 4.15. The Labute approximate surface area is 160 Å². The van der Waals surface area contributed by atoms with Crippen molar-refractivity contribution < 1.29 is 9.90 Å². The number of aliphatic hydroxyl groups is 1. The van der Waals surface area contributed by atoms with Crippen LogP contribution in [0.15, 0.2) is 11.6 Å². The number of carbonyl (C=O) groups is 1. The molecule has 0 aromatic carbocycles. The molecule has 5 rings (SSSR count). The van der Waals surface area contributed by atoms with Crippen molar-refractivity contribution in [2.45, 2.75) is 68.5 Å². The molecule has 1 heterocycles. The quantitative estimate of drug-likeness (QED) is 0.673. The lowest BCUT2D eigenvalue weighted by Gasteiger charge is -2.55. The van der Waals surface area contributed by atoms with E-state index < -0.39 is 0 Å². The van der Waals surface area contributed by atoms with Gasteiger partial charge < -0.3 is 5.11 Å². The average Bonchev–Trinajstić information content (AvgIpc) is 3.20. The molecule has 0 aromatic heterocycles. The van der Waals surface area contributed by atoms with Crippen molar-refractivity contribution in [1.29, 1.82) is 0 Å². The van der Waals surface area contributed by atoms with Crippen molar-refractivity contribution >= 4 is 29.3 Å². The maximum Gasteiger partial charge on any atom is 0.139 e. The molecular weight excluding hydrogens is 348 g/mol. The molecule has 1 aliphatic heterocycles. The van der Waals surface area contributed by atoms with E-state index in [0.717, 1.165) is 25.7 Å². The summed E-state index contributed by atoms with van der Waals surface area (Å²) >= 11 is 4.30. The lowest BCUT2D eigenvalue weighted by Crippen LogP contribution is -2.54. The maximum atomic E-state index is 12.7. The number of carbonyl (C=O) groups excluding carboxylic acids is 1. The van der Waals surface area contributed by atoms with Gasteiger partial charge >= 0.3 is 0 Å². The Morgan fingerprint density at radius 1 is 1.20 bits per heavy atom. The Bertz CT molecular complexity index is 609. The van der Waals surface area contributed by atoms with E-state index in [1.807, 2.05) is 0 Å². The minimum Gasteiger partial charge on any atom is -0.393 e. The van der Waals surface area contributed by atoms with Gasteiger partial charge in [-0.15, -0.1) is 23.5 Å². The summed E-state index contributed by atoms with van der Waals surface area (Å²) in [5.74, 6) is 5.17. The fraction of sp³-hybridized carbons (Fsp3) is 0.857. The summed E-state index contributed by atoms with van der Waals surface area (Å²) in [7, 11) is 0. The van der Waals surface area contributed by atoms with Crippen molar-refractivity contribution in [3.63, 3.8) is 0 Å². The van der Waals surface area contributed by atoms with E-state index in [1.54, 1.807) is 5.57 Å². The van der Waals surface area contributed by atoms with E-state index >= 15 is 0 Å². The van der Waals surface area contributed by atoms with Gasteiger partial charge in [0.1, 0.15) is 5.78 Å². The van der Waals surface area contributed by atoms with Crippen molar-refractivity contribution in [3.05, 3.63) is 11.6 Å². The van der Waals surface area contributed by atoms with Crippen LogP contribution in [0.5, 0.6) is 0 Å². The number of aliphatic hydroxyl groups excluding tert-OH is 1. The van der Waals surface area contributed by atoms with Gasteiger partial charge in [-0.1, -0.05) is 18.6 Å². The fourth-order valence-corrected chi connectivity index (χ4v) is 10.5. The summed E-state index contributed by atoms with van der Waals surface area (Å²) in [6, 6.07) is 0. The molecule has 6 atom stereocenters. The molecule has 0 radical (unpaired) electrons. The largest absolute Gasteiger partial charge is 0.393 e. The molecule has 138 valence electrons. The minimum atomic E-state index is -0.269. The first kappa shape index (κ1) is 17.2. The van der Waals surface area contributed by atoms with Gasteiger partial charge in [-0.2, -0.15) is 0 Å².